The minimum absolute atomic E-state index is 0.519. The van der Waals surface area contributed by atoms with Crippen molar-refractivity contribution in [2.45, 2.75) is 32.8 Å². The number of aliphatic hydroxyl groups is 1. The average molecular weight is 205 g/mol. The van der Waals surface area contributed by atoms with Crippen molar-refractivity contribution in [3.63, 3.8) is 0 Å². The average Bonchev–Trinajstić information content (AvgIpc) is 2.28. The van der Waals surface area contributed by atoms with Crippen molar-refractivity contribution in [1.82, 2.24) is 0 Å². The van der Waals surface area contributed by atoms with Gasteiger partial charge in [0.15, 0.2) is 0 Å². The van der Waals surface area contributed by atoms with E-state index in [2.05, 4.69) is 13.0 Å². The summed E-state index contributed by atoms with van der Waals surface area (Å²) >= 11 is 0. The summed E-state index contributed by atoms with van der Waals surface area (Å²) in [7, 11) is 0. The molecule has 1 aliphatic rings. The van der Waals surface area contributed by atoms with E-state index in [-0.39, 0.29) is 0 Å². The van der Waals surface area contributed by atoms with Crippen molar-refractivity contribution in [1.29, 1.82) is 0 Å². The standard InChI is InChI=1S/C13H19NO/c1-3-11-8-6-4-5-7-9-12(10(2)15)13(11)14/h4,6-10,15H,3,5,14H2,1-2H3/b6-4-,9-7+,11-8-,13-12-. The van der Waals surface area contributed by atoms with Gasteiger partial charge in [0.2, 0.25) is 0 Å². The lowest BCUT2D eigenvalue weighted by Gasteiger charge is -2.12. The fourth-order valence-corrected chi connectivity index (χ4v) is 1.57. The maximum Gasteiger partial charge on any atom is 0.0781 e. The quantitative estimate of drug-likeness (QED) is 0.727. The van der Waals surface area contributed by atoms with Crippen molar-refractivity contribution in [2.24, 2.45) is 5.73 Å². The Hall–Kier alpha value is -1.28. The number of nitrogens with two attached hydrogens (primary N) is 1. The third-order valence-corrected chi connectivity index (χ3v) is 2.49. The van der Waals surface area contributed by atoms with E-state index < -0.39 is 6.10 Å². The molecule has 1 unspecified atom stereocenters. The SMILES string of the molecule is CCC1=C/C=C\C/C=C/C(C(C)O)=C\1N. The lowest BCUT2D eigenvalue weighted by molar-refractivity contribution is 0.234. The number of allylic oxidation sites excluding steroid dienone is 5. The van der Waals surface area contributed by atoms with Gasteiger partial charge in [-0.25, -0.2) is 0 Å². The molecule has 82 valence electrons. The summed E-state index contributed by atoms with van der Waals surface area (Å²) in [5.41, 5.74) is 8.63. The number of aliphatic hydroxyl groups excluding tert-OH is 1. The third kappa shape index (κ3) is 3.10. The lowest BCUT2D eigenvalue weighted by Crippen LogP contribution is -2.13. The topological polar surface area (TPSA) is 46.2 Å². The van der Waals surface area contributed by atoms with Gasteiger partial charge < -0.3 is 10.8 Å². The zero-order valence-corrected chi connectivity index (χ0v) is 9.40. The number of hydrogen-bond donors (Lipinski definition) is 2. The highest BCUT2D eigenvalue weighted by Gasteiger charge is 2.09. The normalized spacial score (nSPS) is 31.8. The Morgan fingerprint density at radius 1 is 1.47 bits per heavy atom. The van der Waals surface area contributed by atoms with Crippen LogP contribution in [0.25, 0.3) is 0 Å². The van der Waals surface area contributed by atoms with Crippen LogP contribution in [0.15, 0.2) is 47.2 Å². The van der Waals surface area contributed by atoms with E-state index >= 15 is 0 Å². The highest BCUT2D eigenvalue weighted by Crippen LogP contribution is 2.18. The molecule has 0 bridgehead atoms. The summed E-state index contributed by atoms with van der Waals surface area (Å²) in [6.45, 7) is 3.80. The zero-order valence-electron chi connectivity index (χ0n) is 9.40. The molecule has 0 saturated heterocycles. The van der Waals surface area contributed by atoms with Gasteiger partial charge in [0.1, 0.15) is 0 Å². The summed E-state index contributed by atoms with van der Waals surface area (Å²) in [5.74, 6) is 0. The summed E-state index contributed by atoms with van der Waals surface area (Å²) in [4.78, 5) is 0. The summed E-state index contributed by atoms with van der Waals surface area (Å²) < 4.78 is 0. The second-order valence-electron chi connectivity index (χ2n) is 3.66. The first-order valence-electron chi connectivity index (χ1n) is 5.37. The highest BCUT2D eigenvalue weighted by atomic mass is 16.3. The predicted molar refractivity (Wildman–Crippen MR) is 64.2 cm³/mol. The molecule has 2 heteroatoms. The van der Waals surface area contributed by atoms with Gasteiger partial charge in [-0.05, 0) is 25.3 Å². The van der Waals surface area contributed by atoms with Crippen LogP contribution in [0.2, 0.25) is 0 Å². The van der Waals surface area contributed by atoms with Crippen LogP contribution in [0, 0.1) is 0 Å². The minimum Gasteiger partial charge on any atom is -0.398 e. The van der Waals surface area contributed by atoms with Crippen molar-refractivity contribution in [3.05, 3.63) is 47.2 Å². The fourth-order valence-electron chi connectivity index (χ4n) is 1.57. The molecule has 1 atom stereocenters. The van der Waals surface area contributed by atoms with Crippen LogP contribution in [0.3, 0.4) is 0 Å². The molecule has 0 heterocycles. The zero-order chi connectivity index (χ0) is 11.3. The van der Waals surface area contributed by atoms with Crippen molar-refractivity contribution in [3.8, 4) is 0 Å². The van der Waals surface area contributed by atoms with Gasteiger partial charge in [-0.3, -0.25) is 0 Å². The van der Waals surface area contributed by atoms with Crippen LogP contribution < -0.4 is 5.73 Å². The Kier molecular flexibility index (Phi) is 4.37. The third-order valence-electron chi connectivity index (χ3n) is 2.49. The first-order chi connectivity index (χ1) is 7.16. The molecular weight excluding hydrogens is 186 g/mol. The van der Waals surface area contributed by atoms with E-state index in [1.807, 2.05) is 24.3 Å². The second kappa shape index (κ2) is 5.56. The van der Waals surface area contributed by atoms with E-state index in [0.717, 1.165) is 24.0 Å². The van der Waals surface area contributed by atoms with Gasteiger partial charge in [-0.1, -0.05) is 37.3 Å². The molecule has 0 aromatic rings. The molecule has 0 fully saturated rings. The van der Waals surface area contributed by atoms with Gasteiger partial charge in [-0.15, -0.1) is 0 Å². The molecule has 0 spiro atoms. The van der Waals surface area contributed by atoms with E-state index in [0.29, 0.717) is 5.70 Å². The van der Waals surface area contributed by atoms with E-state index in [1.54, 1.807) is 6.92 Å². The molecule has 0 aliphatic heterocycles. The Morgan fingerprint density at radius 2 is 2.20 bits per heavy atom. The fraction of sp³-hybridized carbons (Fsp3) is 0.385. The molecule has 3 N–H and O–H groups in total. The molecule has 1 aliphatic carbocycles. The first-order valence-corrected chi connectivity index (χ1v) is 5.37. The van der Waals surface area contributed by atoms with Gasteiger partial charge >= 0.3 is 0 Å². The van der Waals surface area contributed by atoms with Crippen molar-refractivity contribution in [2.75, 3.05) is 0 Å². The Bertz CT molecular complexity index is 332. The lowest BCUT2D eigenvalue weighted by atomic mass is 10.0. The highest BCUT2D eigenvalue weighted by molar-refractivity contribution is 5.42. The monoisotopic (exact) mass is 205 g/mol. The van der Waals surface area contributed by atoms with Crippen LogP contribution in [-0.2, 0) is 0 Å². The smallest absolute Gasteiger partial charge is 0.0781 e. The molecular formula is C13H19NO. The Labute approximate surface area is 91.5 Å². The molecule has 0 amide bonds. The Balaban J connectivity index is 3.17. The van der Waals surface area contributed by atoms with Crippen LogP contribution >= 0.6 is 0 Å². The summed E-state index contributed by atoms with van der Waals surface area (Å²) in [6, 6.07) is 0. The Morgan fingerprint density at radius 3 is 2.80 bits per heavy atom. The van der Waals surface area contributed by atoms with E-state index in [9.17, 15) is 5.11 Å². The van der Waals surface area contributed by atoms with E-state index in [4.69, 9.17) is 5.73 Å². The maximum absolute atomic E-state index is 9.63. The maximum atomic E-state index is 9.63. The van der Waals surface area contributed by atoms with Gasteiger partial charge in [-0.2, -0.15) is 0 Å². The number of hydrogen-bond acceptors (Lipinski definition) is 2. The van der Waals surface area contributed by atoms with Gasteiger partial charge in [0.25, 0.3) is 0 Å². The first kappa shape index (κ1) is 11.8. The minimum atomic E-state index is -0.519. The molecule has 0 aromatic carbocycles. The van der Waals surface area contributed by atoms with Crippen molar-refractivity contribution >= 4 is 0 Å². The molecule has 0 radical (unpaired) electrons. The second-order valence-corrected chi connectivity index (χ2v) is 3.66. The predicted octanol–water partition coefficient (Wildman–Crippen LogP) is 2.43. The molecule has 15 heavy (non-hydrogen) atoms. The van der Waals surface area contributed by atoms with Crippen molar-refractivity contribution < 1.29 is 5.11 Å². The summed E-state index contributed by atoms with van der Waals surface area (Å²) in [6.07, 6.45) is 11.3. The molecule has 0 aromatic heterocycles. The largest absolute Gasteiger partial charge is 0.398 e. The summed E-state index contributed by atoms with van der Waals surface area (Å²) in [5, 5.41) is 9.63. The van der Waals surface area contributed by atoms with Gasteiger partial charge in [0, 0.05) is 11.3 Å². The van der Waals surface area contributed by atoms with Crippen LogP contribution in [-0.4, -0.2) is 11.2 Å². The van der Waals surface area contributed by atoms with Crippen LogP contribution in [0.1, 0.15) is 26.7 Å². The van der Waals surface area contributed by atoms with Crippen LogP contribution in [0.4, 0.5) is 0 Å². The van der Waals surface area contributed by atoms with E-state index in [1.165, 1.54) is 0 Å². The van der Waals surface area contributed by atoms with Gasteiger partial charge in [0.05, 0.1) is 6.10 Å². The molecule has 0 saturated carbocycles. The molecule has 1 rings (SSSR count). The van der Waals surface area contributed by atoms with Crippen LogP contribution in [0.5, 0.6) is 0 Å². The molecule has 2 nitrogen and oxygen atoms in total. The number of rotatable bonds is 2.